The molecular weight excluding hydrogens is 220 g/mol. The number of pyridine rings is 1. The summed E-state index contributed by atoms with van der Waals surface area (Å²) in [5.74, 6) is -1.23. The number of hydrogen-bond donors (Lipinski definition) is 2. The molecule has 0 aliphatic rings. The highest BCUT2D eigenvalue weighted by molar-refractivity contribution is 6.36. The van der Waals surface area contributed by atoms with E-state index in [9.17, 15) is 4.79 Å². The number of carboxylic acid groups (broad SMARTS) is 1. The number of oxime groups is 1. The van der Waals surface area contributed by atoms with Gasteiger partial charge in [0.2, 0.25) is 0 Å². The van der Waals surface area contributed by atoms with Gasteiger partial charge < -0.3 is 10.3 Å². The van der Waals surface area contributed by atoms with Crippen LogP contribution in [-0.4, -0.2) is 27.0 Å². The summed E-state index contributed by atoms with van der Waals surface area (Å²) in [5.41, 5.74) is 1.26. The van der Waals surface area contributed by atoms with E-state index in [1.807, 2.05) is 24.3 Å². The number of fused-ring (bicyclic) bond motifs is 1. The quantitative estimate of drug-likeness (QED) is 0.477. The number of aromatic nitrogens is 1. The molecule has 0 saturated carbocycles. The lowest BCUT2D eigenvalue weighted by molar-refractivity contribution is -0.129. The fraction of sp³-hybridized carbons (Fsp3) is 0.0833. The molecule has 5 nitrogen and oxygen atoms in total. The van der Waals surface area contributed by atoms with Crippen molar-refractivity contribution in [2.45, 2.75) is 6.42 Å². The van der Waals surface area contributed by atoms with Gasteiger partial charge in [0.25, 0.3) is 0 Å². The lowest BCUT2D eigenvalue weighted by Crippen LogP contribution is -2.16. The Kier molecular flexibility index (Phi) is 3.00. The Bertz CT molecular complexity index is 588. The van der Waals surface area contributed by atoms with Crippen LogP contribution in [-0.2, 0) is 11.2 Å². The summed E-state index contributed by atoms with van der Waals surface area (Å²) in [6, 6.07) is 9.13. The highest BCUT2D eigenvalue weighted by Gasteiger charge is 2.12. The molecule has 2 aromatic rings. The van der Waals surface area contributed by atoms with E-state index >= 15 is 0 Å². The molecule has 1 heterocycles. The molecule has 0 aliphatic carbocycles. The number of para-hydroxylation sites is 1. The second kappa shape index (κ2) is 4.61. The topological polar surface area (TPSA) is 82.8 Å². The van der Waals surface area contributed by atoms with E-state index in [1.54, 1.807) is 12.3 Å². The molecule has 86 valence electrons. The summed E-state index contributed by atoms with van der Waals surface area (Å²) in [6.45, 7) is 0. The smallest absolute Gasteiger partial charge is 0.354 e. The van der Waals surface area contributed by atoms with Crippen LogP contribution in [0.1, 0.15) is 5.56 Å². The highest BCUT2D eigenvalue weighted by Crippen LogP contribution is 2.16. The Balaban J connectivity index is 2.46. The Morgan fingerprint density at radius 3 is 2.76 bits per heavy atom. The number of carboxylic acids is 1. The largest absolute Gasteiger partial charge is 0.477 e. The third kappa shape index (κ3) is 2.23. The van der Waals surface area contributed by atoms with Crippen LogP contribution in [0.4, 0.5) is 0 Å². The number of nitrogens with zero attached hydrogens (tertiary/aromatic N) is 2. The first-order valence-electron chi connectivity index (χ1n) is 4.99. The molecule has 0 amide bonds. The molecule has 0 spiro atoms. The summed E-state index contributed by atoms with van der Waals surface area (Å²) in [7, 11) is 0. The van der Waals surface area contributed by atoms with Gasteiger partial charge in [-0.1, -0.05) is 23.4 Å². The average Bonchev–Trinajstić information content (AvgIpc) is 2.35. The van der Waals surface area contributed by atoms with Crippen molar-refractivity contribution in [3.05, 3.63) is 42.1 Å². The van der Waals surface area contributed by atoms with Crippen LogP contribution in [0.25, 0.3) is 10.9 Å². The Morgan fingerprint density at radius 2 is 2.06 bits per heavy atom. The number of benzene rings is 1. The number of carbonyl (C=O) groups is 1. The maximum atomic E-state index is 10.8. The maximum Gasteiger partial charge on any atom is 0.354 e. The van der Waals surface area contributed by atoms with Crippen molar-refractivity contribution in [1.29, 1.82) is 0 Å². The average molecular weight is 230 g/mol. The first-order chi connectivity index (χ1) is 8.22. The van der Waals surface area contributed by atoms with E-state index in [-0.39, 0.29) is 12.1 Å². The molecular formula is C12H10N2O3. The van der Waals surface area contributed by atoms with Crippen LogP contribution in [0, 0.1) is 0 Å². The summed E-state index contributed by atoms with van der Waals surface area (Å²) in [6.07, 6.45) is 1.67. The van der Waals surface area contributed by atoms with Crippen LogP contribution in [0.2, 0.25) is 0 Å². The Morgan fingerprint density at radius 1 is 1.29 bits per heavy atom. The first-order valence-corrected chi connectivity index (χ1v) is 4.99. The van der Waals surface area contributed by atoms with E-state index in [0.29, 0.717) is 0 Å². The molecule has 0 radical (unpaired) electrons. The van der Waals surface area contributed by atoms with E-state index in [1.165, 1.54) is 0 Å². The molecule has 0 fully saturated rings. The van der Waals surface area contributed by atoms with Crippen molar-refractivity contribution in [3.63, 3.8) is 0 Å². The normalized spacial score (nSPS) is 11.6. The zero-order valence-corrected chi connectivity index (χ0v) is 8.87. The minimum absolute atomic E-state index is 0.0644. The molecule has 0 unspecified atom stereocenters. The molecule has 2 rings (SSSR count). The lowest BCUT2D eigenvalue weighted by Gasteiger charge is -2.04. The predicted octanol–water partition coefficient (Wildman–Crippen LogP) is 1.69. The summed E-state index contributed by atoms with van der Waals surface area (Å²) >= 11 is 0. The number of aliphatic carboxylic acids is 1. The van der Waals surface area contributed by atoms with Crippen molar-refractivity contribution < 1.29 is 15.1 Å². The zero-order chi connectivity index (χ0) is 12.3. The summed E-state index contributed by atoms with van der Waals surface area (Å²) in [4.78, 5) is 14.9. The van der Waals surface area contributed by atoms with E-state index in [4.69, 9.17) is 10.3 Å². The van der Waals surface area contributed by atoms with Crippen molar-refractivity contribution >= 4 is 22.6 Å². The fourth-order valence-corrected chi connectivity index (χ4v) is 1.64. The van der Waals surface area contributed by atoms with Crippen LogP contribution in [0.3, 0.4) is 0 Å². The van der Waals surface area contributed by atoms with Gasteiger partial charge in [-0.25, -0.2) is 4.79 Å². The fourth-order valence-electron chi connectivity index (χ4n) is 1.64. The summed E-state index contributed by atoms with van der Waals surface area (Å²) in [5, 5.41) is 21.1. The van der Waals surface area contributed by atoms with Gasteiger partial charge >= 0.3 is 5.97 Å². The van der Waals surface area contributed by atoms with Crippen LogP contribution in [0.15, 0.2) is 41.7 Å². The molecule has 5 heteroatoms. The molecule has 0 bridgehead atoms. The first kappa shape index (κ1) is 11.1. The van der Waals surface area contributed by atoms with Gasteiger partial charge in [-0.3, -0.25) is 4.98 Å². The van der Waals surface area contributed by atoms with Gasteiger partial charge in [-0.2, -0.15) is 0 Å². The molecule has 17 heavy (non-hydrogen) atoms. The Hall–Kier alpha value is -2.43. The van der Waals surface area contributed by atoms with Gasteiger partial charge in [-0.15, -0.1) is 0 Å². The Labute approximate surface area is 97.0 Å². The minimum atomic E-state index is -1.23. The van der Waals surface area contributed by atoms with Crippen molar-refractivity contribution in [2.75, 3.05) is 0 Å². The van der Waals surface area contributed by atoms with Crippen LogP contribution < -0.4 is 0 Å². The van der Waals surface area contributed by atoms with Crippen molar-refractivity contribution in [2.24, 2.45) is 5.16 Å². The molecule has 0 saturated heterocycles. The molecule has 0 atom stereocenters. The van der Waals surface area contributed by atoms with E-state index in [0.717, 1.165) is 16.5 Å². The highest BCUT2D eigenvalue weighted by atomic mass is 16.4. The van der Waals surface area contributed by atoms with Gasteiger partial charge in [0.15, 0.2) is 5.71 Å². The lowest BCUT2D eigenvalue weighted by atomic mass is 10.0. The second-order valence-corrected chi connectivity index (χ2v) is 3.52. The SMILES string of the molecule is O=C(O)/C(Cc1ccnc2ccccc12)=N/O. The molecule has 1 aromatic heterocycles. The van der Waals surface area contributed by atoms with Gasteiger partial charge in [-0.05, 0) is 17.7 Å². The monoisotopic (exact) mass is 230 g/mol. The molecule has 1 aromatic carbocycles. The number of rotatable bonds is 3. The molecule has 0 aliphatic heterocycles. The van der Waals surface area contributed by atoms with Crippen molar-refractivity contribution in [1.82, 2.24) is 4.98 Å². The summed E-state index contributed by atoms with van der Waals surface area (Å²) < 4.78 is 0. The molecule has 2 N–H and O–H groups in total. The van der Waals surface area contributed by atoms with Gasteiger partial charge in [0, 0.05) is 18.0 Å². The standard InChI is InChI=1S/C12H10N2O3/c15-12(16)11(14-17)7-8-5-6-13-10-4-2-1-3-9(8)10/h1-6,17H,7H2,(H,15,16)/b14-11+. The van der Waals surface area contributed by atoms with Crippen LogP contribution in [0.5, 0.6) is 0 Å². The van der Waals surface area contributed by atoms with Crippen LogP contribution >= 0.6 is 0 Å². The maximum absolute atomic E-state index is 10.8. The third-order valence-electron chi connectivity index (χ3n) is 2.46. The predicted molar refractivity (Wildman–Crippen MR) is 62.3 cm³/mol. The van der Waals surface area contributed by atoms with Gasteiger partial charge in [0.05, 0.1) is 5.52 Å². The number of hydrogen-bond acceptors (Lipinski definition) is 4. The third-order valence-corrected chi connectivity index (χ3v) is 2.46. The van der Waals surface area contributed by atoms with Gasteiger partial charge in [0.1, 0.15) is 0 Å². The van der Waals surface area contributed by atoms with E-state index in [2.05, 4.69) is 10.1 Å². The van der Waals surface area contributed by atoms with E-state index < -0.39 is 5.97 Å². The zero-order valence-electron chi connectivity index (χ0n) is 8.87. The second-order valence-electron chi connectivity index (χ2n) is 3.52. The van der Waals surface area contributed by atoms with Crippen molar-refractivity contribution in [3.8, 4) is 0 Å². The minimum Gasteiger partial charge on any atom is -0.477 e.